The Labute approximate surface area is 125 Å². The molecule has 2 saturated heterocycles. The van der Waals surface area contributed by atoms with Gasteiger partial charge in [0, 0.05) is 11.8 Å². The molecule has 118 valence electrons. The van der Waals surface area contributed by atoms with Crippen LogP contribution in [0.3, 0.4) is 0 Å². The van der Waals surface area contributed by atoms with E-state index in [2.05, 4.69) is 35.8 Å². The lowest BCUT2D eigenvalue weighted by Gasteiger charge is -2.35. The third-order valence-corrected chi connectivity index (χ3v) is 4.49. The van der Waals surface area contributed by atoms with E-state index in [1.807, 2.05) is 0 Å². The lowest BCUT2D eigenvalue weighted by Crippen LogP contribution is -2.39. The van der Waals surface area contributed by atoms with Gasteiger partial charge in [-0.3, -0.25) is 4.90 Å². The summed E-state index contributed by atoms with van der Waals surface area (Å²) in [7, 11) is 0. The highest BCUT2D eigenvalue weighted by Gasteiger charge is 2.33. The Morgan fingerprint density at radius 1 is 1.10 bits per heavy atom. The Bertz CT molecular complexity index is 449. The van der Waals surface area contributed by atoms with Crippen molar-refractivity contribution in [1.29, 1.82) is 0 Å². The number of aromatic nitrogens is 2. The van der Waals surface area contributed by atoms with E-state index in [1.54, 1.807) is 0 Å². The van der Waals surface area contributed by atoms with E-state index < -0.39 is 0 Å². The number of likely N-dealkylation sites (tertiary alicyclic amines) is 1. The van der Waals surface area contributed by atoms with E-state index in [4.69, 9.17) is 14.0 Å². The van der Waals surface area contributed by atoms with Crippen molar-refractivity contribution in [3.63, 3.8) is 0 Å². The van der Waals surface area contributed by atoms with Crippen LogP contribution in [0.15, 0.2) is 4.52 Å². The summed E-state index contributed by atoms with van der Waals surface area (Å²) in [5, 5.41) is 4.06. The Hall–Kier alpha value is -0.980. The third kappa shape index (κ3) is 3.27. The van der Waals surface area contributed by atoms with E-state index in [0.29, 0.717) is 11.8 Å². The summed E-state index contributed by atoms with van der Waals surface area (Å²) in [5.74, 6) is 2.34. The van der Waals surface area contributed by atoms with Crippen LogP contribution in [0.25, 0.3) is 0 Å². The minimum Gasteiger partial charge on any atom is -0.350 e. The number of ether oxygens (including phenoxy) is 2. The van der Waals surface area contributed by atoms with Crippen molar-refractivity contribution in [1.82, 2.24) is 15.0 Å². The maximum atomic E-state index is 5.62. The molecule has 3 rings (SSSR count). The molecule has 3 heterocycles. The molecule has 0 aromatic carbocycles. The first-order valence-electron chi connectivity index (χ1n) is 7.96. The average Bonchev–Trinajstić information content (AvgIpc) is 3.18. The molecule has 1 aromatic rings. The molecule has 6 heteroatoms. The molecular formula is C15H25N3O3. The molecule has 1 unspecified atom stereocenters. The van der Waals surface area contributed by atoms with E-state index in [1.165, 1.54) is 0 Å². The fourth-order valence-corrected chi connectivity index (χ4v) is 3.04. The molecule has 6 nitrogen and oxygen atoms in total. The van der Waals surface area contributed by atoms with Crippen LogP contribution in [0.1, 0.15) is 57.3 Å². The minimum absolute atomic E-state index is 0.0124. The van der Waals surface area contributed by atoms with Crippen molar-refractivity contribution in [2.45, 2.75) is 51.9 Å². The summed E-state index contributed by atoms with van der Waals surface area (Å²) in [6.45, 7) is 9.81. The molecule has 1 atom stereocenters. The third-order valence-electron chi connectivity index (χ3n) is 4.49. The molecule has 2 aliphatic rings. The summed E-state index contributed by atoms with van der Waals surface area (Å²) >= 11 is 0. The lowest BCUT2D eigenvalue weighted by molar-refractivity contribution is -0.0997. The molecular weight excluding hydrogens is 270 g/mol. The molecule has 0 saturated carbocycles. The monoisotopic (exact) mass is 295 g/mol. The fourth-order valence-electron chi connectivity index (χ4n) is 3.04. The summed E-state index contributed by atoms with van der Waals surface area (Å²) in [6, 6.07) is 0.177. The molecule has 0 amide bonds. The lowest BCUT2D eigenvalue weighted by atomic mass is 9.95. The van der Waals surface area contributed by atoms with E-state index in [9.17, 15) is 0 Å². The molecule has 0 radical (unpaired) electrons. The smallest absolute Gasteiger partial charge is 0.243 e. The first-order valence-corrected chi connectivity index (χ1v) is 7.96. The standard InChI is InChI=1S/C15H25N3O3/c1-10(2)13-16-14(21-17-13)11(3)18-6-4-12(5-7-18)15-19-8-9-20-15/h10-12,15H,4-9H2,1-3H3. The predicted octanol–water partition coefficient (Wildman–Crippen LogP) is 2.34. The highest BCUT2D eigenvalue weighted by molar-refractivity contribution is 4.96. The first-order chi connectivity index (χ1) is 10.1. The van der Waals surface area contributed by atoms with Crippen molar-refractivity contribution in [2.24, 2.45) is 5.92 Å². The first kappa shape index (κ1) is 14.9. The van der Waals surface area contributed by atoms with Crippen LogP contribution in [0.2, 0.25) is 0 Å². The highest BCUT2D eigenvalue weighted by Crippen LogP contribution is 2.30. The normalized spacial score (nSPS) is 24.0. The summed E-state index contributed by atoms with van der Waals surface area (Å²) < 4.78 is 16.7. The van der Waals surface area contributed by atoms with Crippen LogP contribution in [0.4, 0.5) is 0 Å². The van der Waals surface area contributed by atoms with Crippen molar-refractivity contribution in [2.75, 3.05) is 26.3 Å². The SMILES string of the molecule is CC(C)c1noc(C(C)N2CCC(C3OCCO3)CC2)n1. The van der Waals surface area contributed by atoms with E-state index in [-0.39, 0.29) is 12.3 Å². The topological polar surface area (TPSA) is 60.6 Å². The van der Waals surface area contributed by atoms with E-state index >= 15 is 0 Å². The van der Waals surface area contributed by atoms with Gasteiger partial charge in [0.25, 0.3) is 0 Å². The van der Waals surface area contributed by atoms with Gasteiger partial charge >= 0.3 is 0 Å². The largest absolute Gasteiger partial charge is 0.350 e. The van der Waals surface area contributed by atoms with Gasteiger partial charge in [0.15, 0.2) is 12.1 Å². The van der Waals surface area contributed by atoms with Crippen molar-refractivity contribution in [3.05, 3.63) is 11.7 Å². The molecule has 2 aliphatic heterocycles. The summed E-state index contributed by atoms with van der Waals surface area (Å²) in [5.41, 5.74) is 0. The van der Waals surface area contributed by atoms with Crippen LogP contribution in [-0.2, 0) is 9.47 Å². The zero-order valence-electron chi connectivity index (χ0n) is 13.1. The van der Waals surface area contributed by atoms with Crippen molar-refractivity contribution >= 4 is 0 Å². The van der Waals surface area contributed by atoms with Gasteiger partial charge in [0.1, 0.15) is 0 Å². The molecule has 0 aliphatic carbocycles. The Kier molecular flexibility index (Phi) is 4.57. The number of hydrogen-bond donors (Lipinski definition) is 0. The van der Waals surface area contributed by atoms with Crippen LogP contribution in [0, 0.1) is 5.92 Å². The van der Waals surface area contributed by atoms with Gasteiger partial charge in [-0.1, -0.05) is 19.0 Å². The van der Waals surface area contributed by atoms with E-state index in [0.717, 1.165) is 50.9 Å². The van der Waals surface area contributed by atoms with Crippen LogP contribution >= 0.6 is 0 Å². The van der Waals surface area contributed by atoms with Gasteiger partial charge in [-0.2, -0.15) is 4.98 Å². The van der Waals surface area contributed by atoms with Gasteiger partial charge in [-0.15, -0.1) is 0 Å². The average molecular weight is 295 g/mol. The quantitative estimate of drug-likeness (QED) is 0.849. The van der Waals surface area contributed by atoms with Gasteiger partial charge in [-0.25, -0.2) is 0 Å². The molecule has 0 bridgehead atoms. The summed E-state index contributed by atoms with van der Waals surface area (Å²) in [4.78, 5) is 6.92. The second-order valence-corrected chi connectivity index (χ2v) is 6.30. The fraction of sp³-hybridized carbons (Fsp3) is 0.867. The minimum atomic E-state index is 0.0124. The van der Waals surface area contributed by atoms with Crippen LogP contribution in [-0.4, -0.2) is 47.6 Å². The number of piperidine rings is 1. The maximum absolute atomic E-state index is 5.62. The van der Waals surface area contributed by atoms with Gasteiger partial charge in [0.2, 0.25) is 5.89 Å². The van der Waals surface area contributed by atoms with Gasteiger partial charge in [0.05, 0.1) is 19.3 Å². The predicted molar refractivity (Wildman–Crippen MR) is 76.8 cm³/mol. The highest BCUT2D eigenvalue weighted by atomic mass is 16.7. The van der Waals surface area contributed by atoms with Crippen molar-refractivity contribution in [3.8, 4) is 0 Å². The molecule has 1 aromatic heterocycles. The number of rotatable bonds is 4. The van der Waals surface area contributed by atoms with Gasteiger partial charge in [-0.05, 0) is 32.9 Å². The zero-order valence-corrected chi connectivity index (χ0v) is 13.1. The Balaban J connectivity index is 1.55. The molecule has 2 fully saturated rings. The van der Waals surface area contributed by atoms with Crippen LogP contribution < -0.4 is 0 Å². The Morgan fingerprint density at radius 2 is 1.76 bits per heavy atom. The molecule has 21 heavy (non-hydrogen) atoms. The summed E-state index contributed by atoms with van der Waals surface area (Å²) in [6.07, 6.45) is 2.21. The number of hydrogen-bond acceptors (Lipinski definition) is 6. The Morgan fingerprint density at radius 3 is 2.33 bits per heavy atom. The van der Waals surface area contributed by atoms with Gasteiger partial charge < -0.3 is 14.0 Å². The molecule has 0 N–H and O–H groups in total. The second kappa shape index (κ2) is 6.42. The molecule has 0 spiro atoms. The number of nitrogens with zero attached hydrogens (tertiary/aromatic N) is 3. The van der Waals surface area contributed by atoms with Crippen molar-refractivity contribution < 1.29 is 14.0 Å². The zero-order chi connectivity index (χ0) is 14.8. The van der Waals surface area contributed by atoms with Crippen LogP contribution in [0.5, 0.6) is 0 Å². The second-order valence-electron chi connectivity index (χ2n) is 6.30. The maximum Gasteiger partial charge on any atom is 0.243 e.